The minimum Gasteiger partial charge on any atom is -0.378 e. The molecule has 8 nitrogen and oxygen atoms in total. The van der Waals surface area contributed by atoms with E-state index in [4.69, 9.17) is 10.5 Å². The minimum atomic E-state index is 0.299. The number of hydrogen-bond donors (Lipinski definition) is 3. The lowest BCUT2D eigenvalue weighted by Crippen LogP contribution is -2.35. The lowest BCUT2D eigenvalue weighted by atomic mass is 9.78. The zero-order valence-corrected chi connectivity index (χ0v) is 14.4. The fourth-order valence-electron chi connectivity index (χ4n) is 2.76. The second-order valence-electron chi connectivity index (χ2n) is 6.47. The van der Waals surface area contributed by atoms with Crippen molar-refractivity contribution in [1.29, 1.82) is 0 Å². The summed E-state index contributed by atoms with van der Waals surface area (Å²) in [6.45, 7) is 1.12. The molecule has 8 heteroatoms. The molecule has 0 spiro atoms. The molecule has 24 heavy (non-hydrogen) atoms. The van der Waals surface area contributed by atoms with Crippen molar-refractivity contribution in [3.63, 3.8) is 0 Å². The van der Waals surface area contributed by atoms with E-state index < -0.39 is 0 Å². The molecule has 1 aliphatic rings. The van der Waals surface area contributed by atoms with Gasteiger partial charge in [0.05, 0.1) is 30.2 Å². The van der Waals surface area contributed by atoms with E-state index in [9.17, 15) is 0 Å². The van der Waals surface area contributed by atoms with Gasteiger partial charge < -0.3 is 20.7 Å². The Morgan fingerprint density at radius 2 is 2.12 bits per heavy atom. The predicted octanol–water partition coefficient (Wildman–Crippen LogP) is 1.23. The van der Waals surface area contributed by atoms with Crippen molar-refractivity contribution in [3.05, 3.63) is 29.2 Å². The Kier molecular flexibility index (Phi) is 4.96. The van der Waals surface area contributed by atoms with E-state index in [0.717, 1.165) is 35.7 Å². The summed E-state index contributed by atoms with van der Waals surface area (Å²) < 4.78 is 5.08. The van der Waals surface area contributed by atoms with Crippen molar-refractivity contribution < 1.29 is 4.74 Å². The second kappa shape index (κ2) is 7.14. The van der Waals surface area contributed by atoms with Gasteiger partial charge >= 0.3 is 0 Å². The number of hydrogen-bond acceptors (Lipinski definition) is 7. The molecule has 0 radical (unpaired) electrons. The number of ether oxygens (including phenoxy) is 1. The average molecular weight is 331 g/mol. The van der Waals surface area contributed by atoms with Crippen molar-refractivity contribution in [1.82, 2.24) is 20.2 Å². The lowest BCUT2D eigenvalue weighted by Gasteiger charge is -2.32. The monoisotopic (exact) mass is 331 g/mol. The van der Waals surface area contributed by atoms with Gasteiger partial charge in [0.1, 0.15) is 5.82 Å². The Balaban J connectivity index is 1.71. The van der Waals surface area contributed by atoms with Gasteiger partial charge in [-0.15, -0.1) is 0 Å². The molecule has 3 rings (SSSR count). The van der Waals surface area contributed by atoms with E-state index in [-0.39, 0.29) is 0 Å². The van der Waals surface area contributed by atoms with Gasteiger partial charge in [0.2, 0.25) is 5.95 Å². The van der Waals surface area contributed by atoms with Gasteiger partial charge in [0.25, 0.3) is 0 Å². The summed E-state index contributed by atoms with van der Waals surface area (Å²) in [6, 6.07) is 4.31. The van der Waals surface area contributed by atoms with Gasteiger partial charge in [0.15, 0.2) is 0 Å². The molecule has 0 amide bonds. The SMILES string of the molecule is COCc1cc(CNc2cc(C3CC(N)C3)nc(N(C)C)n2)[nH]n1. The summed E-state index contributed by atoms with van der Waals surface area (Å²) in [5, 5.41) is 10.5. The first kappa shape index (κ1) is 16.7. The second-order valence-corrected chi connectivity index (χ2v) is 6.47. The minimum absolute atomic E-state index is 0.299. The van der Waals surface area contributed by atoms with Crippen LogP contribution in [0.2, 0.25) is 0 Å². The van der Waals surface area contributed by atoms with Crippen LogP contribution in [0.5, 0.6) is 0 Å². The molecule has 1 aliphatic carbocycles. The number of nitrogens with one attached hydrogen (secondary N) is 2. The zero-order valence-electron chi connectivity index (χ0n) is 14.4. The van der Waals surface area contributed by atoms with Crippen LogP contribution in [0, 0.1) is 0 Å². The van der Waals surface area contributed by atoms with E-state index in [1.165, 1.54) is 0 Å². The quantitative estimate of drug-likeness (QED) is 0.701. The molecule has 0 aliphatic heterocycles. The molecule has 4 N–H and O–H groups in total. The highest BCUT2D eigenvalue weighted by Gasteiger charge is 2.29. The Hall–Kier alpha value is -2.19. The number of nitrogens with two attached hydrogens (primary N) is 1. The highest BCUT2D eigenvalue weighted by Crippen LogP contribution is 2.35. The van der Waals surface area contributed by atoms with Crippen molar-refractivity contribution in [2.45, 2.75) is 38.0 Å². The maximum atomic E-state index is 5.91. The topological polar surface area (TPSA) is 105 Å². The summed E-state index contributed by atoms with van der Waals surface area (Å²) in [4.78, 5) is 11.1. The van der Waals surface area contributed by atoms with E-state index in [2.05, 4.69) is 25.5 Å². The number of methoxy groups -OCH3 is 1. The van der Waals surface area contributed by atoms with Crippen LogP contribution in [-0.4, -0.2) is 47.4 Å². The number of anilines is 2. The largest absolute Gasteiger partial charge is 0.378 e. The van der Waals surface area contributed by atoms with Crippen LogP contribution < -0.4 is 16.0 Å². The summed E-state index contributed by atoms with van der Waals surface area (Å²) in [7, 11) is 5.55. The van der Waals surface area contributed by atoms with Crippen molar-refractivity contribution in [2.24, 2.45) is 5.73 Å². The highest BCUT2D eigenvalue weighted by molar-refractivity contribution is 5.44. The number of H-pyrrole nitrogens is 1. The van der Waals surface area contributed by atoms with E-state index in [0.29, 0.717) is 31.1 Å². The molecule has 0 aromatic carbocycles. The number of rotatable bonds is 7. The molecule has 2 heterocycles. The van der Waals surface area contributed by atoms with Gasteiger partial charge in [0, 0.05) is 39.2 Å². The van der Waals surface area contributed by atoms with E-state index >= 15 is 0 Å². The highest BCUT2D eigenvalue weighted by atomic mass is 16.5. The van der Waals surface area contributed by atoms with Crippen molar-refractivity contribution in [2.75, 3.05) is 31.4 Å². The first-order valence-electron chi connectivity index (χ1n) is 8.13. The fraction of sp³-hybridized carbons (Fsp3) is 0.562. The first-order valence-corrected chi connectivity index (χ1v) is 8.13. The fourth-order valence-corrected chi connectivity index (χ4v) is 2.76. The van der Waals surface area contributed by atoms with Crippen LogP contribution in [0.15, 0.2) is 12.1 Å². The Bertz CT molecular complexity index is 679. The van der Waals surface area contributed by atoms with Crippen LogP contribution in [-0.2, 0) is 17.9 Å². The molecule has 0 unspecified atom stereocenters. The van der Waals surface area contributed by atoms with Gasteiger partial charge in [-0.25, -0.2) is 4.98 Å². The maximum Gasteiger partial charge on any atom is 0.227 e. The van der Waals surface area contributed by atoms with Gasteiger partial charge in [-0.05, 0) is 18.9 Å². The summed E-state index contributed by atoms with van der Waals surface area (Å²) in [5.41, 5.74) is 8.84. The first-order chi connectivity index (χ1) is 11.5. The van der Waals surface area contributed by atoms with E-state index in [1.54, 1.807) is 7.11 Å². The number of aromatic amines is 1. The Morgan fingerprint density at radius 1 is 1.33 bits per heavy atom. The summed E-state index contributed by atoms with van der Waals surface area (Å²) in [5.74, 6) is 1.95. The number of nitrogens with zero attached hydrogens (tertiary/aromatic N) is 4. The van der Waals surface area contributed by atoms with Crippen LogP contribution in [0.4, 0.5) is 11.8 Å². The van der Waals surface area contributed by atoms with Gasteiger partial charge in [-0.3, -0.25) is 5.10 Å². The van der Waals surface area contributed by atoms with Crippen LogP contribution >= 0.6 is 0 Å². The number of aromatic nitrogens is 4. The molecule has 1 fully saturated rings. The molecular weight excluding hydrogens is 306 g/mol. The third-order valence-electron chi connectivity index (χ3n) is 4.16. The molecular formula is C16H25N7O. The molecule has 2 aromatic heterocycles. The standard InChI is InChI=1S/C16H25N7O/c1-23(2)16-19-14(10-4-11(17)5-10)7-15(20-16)18-8-12-6-13(9-24-3)22-21-12/h6-7,10-11H,4-5,8-9,17H2,1-3H3,(H,21,22)(H,18,19,20). The Labute approximate surface area is 141 Å². The zero-order chi connectivity index (χ0) is 17.1. The summed E-state index contributed by atoms with van der Waals surface area (Å²) in [6.07, 6.45) is 1.98. The molecule has 2 aromatic rings. The normalized spacial score (nSPS) is 19.8. The third kappa shape index (κ3) is 3.82. The van der Waals surface area contributed by atoms with Crippen molar-refractivity contribution in [3.8, 4) is 0 Å². The van der Waals surface area contributed by atoms with Gasteiger partial charge in [-0.2, -0.15) is 10.1 Å². The van der Waals surface area contributed by atoms with Crippen LogP contribution in [0.3, 0.4) is 0 Å². The average Bonchev–Trinajstić information content (AvgIpc) is 2.97. The van der Waals surface area contributed by atoms with Crippen molar-refractivity contribution >= 4 is 11.8 Å². The van der Waals surface area contributed by atoms with E-state index in [1.807, 2.05) is 31.1 Å². The Morgan fingerprint density at radius 3 is 2.79 bits per heavy atom. The molecule has 0 atom stereocenters. The molecule has 0 saturated heterocycles. The van der Waals surface area contributed by atoms with Crippen LogP contribution in [0.25, 0.3) is 0 Å². The lowest BCUT2D eigenvalue weighted by molar-refractivity contribution is 0.181. The molecule has 1 saturated carbocycles. The predicted molar refractivity (Wildman–Crippen MR) is 92.9 cm³/mol. The maximum absolute atomic E-state index is 5.91. The molecule has 0 bridgehead atoms. The van der Waals surface area contributed by atoms with Gasteiger partial charge in [-0.1, -0.05) is 0 Å². The van der Waals surface area contributed by atoms with Crippen LogP contribution in [0.1, 0.15) is 35.8 Å². The summed E-state index contributed by atoms with van der Waals surface area (Å²) >= 11 is 0. The third-order valence-corrected chi connectivity index (χ3v) is 4.16. The molecule has 130 valence electrons. The smallest absolute Gasteiger partial charge is 0.227 e.